The number of fused-ring (bicyclic) bond motifs is 1. The molecule has 9 heteroatoms. The van der Waals surface area contributed by atoms with Crippen LogP contribution in [0.3, 0.4) is 0 Å². The molecule has 1 aromatic carbocycles. The summed E-state index contributed by atoms with van der Waals surface area (Å²) < 4.78 is 1.70. The second kappa shape index (κ2) is 7.14. The average Bonchev–Trinajstić information content (AvgIpc) is 3.31. The van der Waals surface area contributed by atoms with Gasteiger partial charge in [-0.15, -0.1) is 0 Å². The van der Waals surface area contributed by atoms with Gasteiger partial charge in [0.25, 0.3) is 5.91 Å². The molecule has 2 aliphatic heterocycles. The number of aliphatic carboxylic acids is 1. The molecule has 0 spiro atoms. The van der Waals surface area contributed by atoms with Gasteiger partial charge in [-0.1, -0.05) is 29.3 Å². The fourth-order valence-corrected chi connectivity index (χ4v) is 4.20. The van der Waals surface area contributed by atoms with Crippen molar-refractivity contribution in [3.05, 3.63) is 57.3 Å². The van der Waals surface area contributed by atoms with Gasteiger partial charge in [0.2, 0.25) is 0 Å². The van der Waals surface area contributed by atoms with Crippen molar-refractivity contribution in [2.24, 2.45) is 0 Å². The Kier molecular flexibility index (Phi) is 4.81. The molecule has 0 saturated carbocycles. The molecule has 0 aliphatic carbocycles. The molecule has 2 N–H and O–H groups in total. The van der Waals surface area contributed by atoms with Gasteiger partial charge >= 0.3 is 5.97 Å². The zero-order chi connectivity index (χ0) is 20.0. The van der Waals surface area contributed by atoms with Gasteiger partial charge in [-0.2, -0.15) is 5.10 Å². The van der Waals surface area contributed by atoms with Crippen LogP contribution in [0.5, 0.6) is 0 Å². The number of aromatic nitrogens is 2. The number of carboxylic acid groups (broad SMARTS) is 1. The molecule has 28 heavy (non-hydrogen) atoms. The van der Waals surface area contributed by atoms with Crippen molar-refractivity contribution in [2.45, 2.75) is 31.8 Å². The van der Waals surface area contributed by atoms with Crippen LogP contribution in [0.25, 0.3) is 0 Å². The lowest BCUT2D eigenvalue weighted by Gasteiger charge is -2.33. The largest absolute Gasteiger partial charge is 0.480 e. The molecule has 1 amide bonds. The molecule has 2 aliphatic rings. The van der Waals surface area contributed by atoms with E-state index in [1.165, 1.54) is 4.90 Å². The van der Waals surface area contributed by atoms with E-state index in [4.69, 9.17) is 23.2 Å². The number of anilines is 1. The van der Waals surface area contributed by atoms with Crippen molar-refractivity contribution >= 4 is 40.9 Å². The summed E-state index contributed by atoms with van der Waals surface area (Å²) in [5.41, 5.74) is 1.85. The molecule has 2 aromatic rings. The molecule has 1 aromatic heterocycles. The lowest BCUT2D eigenvalue weighted by atomic mass is 9.94. The van der Waals surface area contributed by atoms with Crippen LogP contribution < -0.4 is 5.32 Å². The van der Waals surface area contributed by atoms with E-state index in [0.717, 1.165) is 11.4 Å². The topological polar surface area (TPSA) is 87.5 Å². The molecule has 1 saturated heterocycles. The van der Waals surface area contributed by atoms with Gasteiger partial charge in [0.1, 0.15) is 17.9 Å². The van der Waals surface area contributed by atoms with Gasteiger partial charge in [-0.3, -0.25) is 4.79 Å². The van der Waals surface area contributed by atoms with Crippen LogP contribution in [0.15, 0.2) is 41.7 Å². The Bertz CT molecular complexity index is 1000. The lowest BCUT2D eigenvalue weighted by Crippen LogP contribution is -2.44. The number of nitrogens with zero attached hydrogens (tertiary/aromatic N) is 3. The van der Waals surface area contributed by atoms with Crippen molar-refractivity contribution in [3.8, 4) is 0 Å². The van der Waals surface area contributed by atoms with E-state index in [-0.39, 0.29) is 5.91 Å². The molecule has 4 rings (SSSR count). The number of amides is 1. The summed E-state index contributed by atoms with van der Waals surface area (Å²) in [6, 6.07) is 5.65. The third-order valence-electron chi connectivity index (χ3n) is 5.20. The molecule has 1 fully saturated rings. The van der Waals surface area contributed by atoms with Crippen molar-refractivity contribution in [1.82, 2.24) is 14.7 Å². The van der Waals surface area contributed by atoms with E-state index < -0.39 is 18.1 Å². The first kappa shape index (κ1) is 18.8. The lowest BCUT2D eigenvalue weighted by molar-refractivity contribution is -0.147. The Balaban J connectivity index is 1.82. The molecule has 0 bridgehead atoms. The molecule has 0 radical (unpaired) electrons. The van der Waals surface area contributed by atoms with E-state index in [2.05, 4.69) is 10.4 Å². The molecule has 3 heterocycles. The summed E-state index contributed by atoms with van der Waals surface area (Å²) >= 11 is 12.3. The third kappa shape index (κ3) is 3.04. The monoisotopic (exact) mass is 420 g/mol. The van der Waals surface area contributed by atoms with E-state index in [0.29, 0.717) is 40.7 Å². The molecule has 7 nitrogen and oxygen atoms in total. The highest BCUT2D eigenvalue weighted by molar-refractivity contribution is 6.42. The van der Waals surface area contributed by atoms with Gasteiger partial charge in [-0.25, -0.2) is 9.48 Å². The maximum atomic E-state index is 13.5. The second-order valence-corrected chi connectivity index (χ2v) is 7.71. The van der Waals surface area contributed by atoms with E-state index >= 15 is 0 Å². The van der Waals surface area contributed by atoms with E-state index in [9.17, 15) is 14.7 Å². The number of benzene rings is 1. The van der Waals surface area contributed by atoms with Gasteiger partial charge in [-0.05, 0) is 37.5 Å². The number of allylic oxidation sites excluding steroid dienone is 1. The number of carbonyl (C=O) groups is 2. The number of likely N-dealkylation sites (tertiary alicyclic amines) is 1. The summed E-state index contributed by atoms with van der Waals surface area (Å²) in [5.74, 6) is -0.563. The predicted octanol–water partition coefficient (Wildman–Crippen LogP) is 3.55. The number of rotatable bonds is 3. The smallest absolute Gasteiger partial charge is 0.326 e. The zero-order valence-corrected chi connectivity index (χ0v) is 16.5. The van der Waals surface area contributed by atoms with Crippen LogP contribution in [0, 0.1) is 0 Å². The fraction of sp³-hybridized carbons (Fsp3) is 0.316. The molecule has 2 atom stereocenters. The SMILES string of the molecule is CC1=C(C(=O)N2CCC[C@H]2C(=O)O)C(c2ccc(Cl)c(Cl)c2)n2nccc2N1. The van der Waals surface area contributed by atoms with E-state index in [1.54, 1.807) is 36.0 Å². The van der Waals surface area contributed by atoms with Gasteiger partial charge in [0.15, 0.2) is 0 Å². The minimum Gasteiger partial charge on any atom is -0.480 e. The summed E-state index contributed by atoms with van der Waals surface area (Å²) in [6.07, 6.45) is 2.75. The van der Waals surface area contributed by atoms with Crippen LogP contribution >= 0.6 is 23.2 Å². The molecule has 146 valence electrons. The molecular formula is C19H18Cl2N4O3. The quantitative estimate of drug-likeness (QED) is 0.792. The van der Waals surface area contributed by atoms with Crippen LogP contribution in [-0.2, 0) is 9.59 Å². The Labute approximate surface area is 171 Å². The van der Waals surface area contributed by atoms with Gasteiger partial charge < -0.3 is 15.3 Å². The van der Waals surface area contributed by atoms with Crippen molar-refractivity contribution < 1.29 is 14.7 Å². The fourth-order valence-electron chi connectivity index (χ4n) is 3.89. The van der Waals surface area contributed by atoms with Crippen molar-refractivity contribution in [3.63, 3.8) is 0 Å². The van der Waals surface area contributed by atoms with Gasteiger partial charge in [0, 0.05) is 18.3 Å². The van der Waals surface area contributed by atoms with Gasteiger partial charge in [0.05, 0.1) is 21.8 Å². The molecular weight excluding hydrogens is 403 g/mol. The summed E-state index contributed by atoms with van der Waals surface area (Å²) in [4.78, 5) is 26.5. The Morgan fingerprint density at radius 1 is 1.25 bits per heavy atom. The number of carbonyl (C=O) groups excluding carboxylic acids is 1. The second-order valence-electron chi connectivity index (χ2n) is 6.90. The highest BCUT2D eigenvalue weighted by atomic mass is 35.5. The molecule has 1 unspecified atom stereocenters. The van der Waals surface area contributed by atoms with Crippen LogP contribution in [0.4, 0.5) is 5.82 Å². The van der Waals surface area contributed by atoms with Crippen molar-refractivity contribution in [2.75, 3.05) is 11.9 Å². The van der Waals surface area contributed by atoms with Crippen LogP contribution in [-0.4, -0.2) is 44.3 Å². The average molecular weight is 421 g/mol. The number of carboxylic acids is 1. The number of hydrogen-bond acceptors (Lipinski definition) is 4. The first-order valence-electron chi connectivity index (χ1n) is 8.88. The van der Waals surface area contributed by atoms with Crippen molar-refractivity contribution in [1.29, 1.82) is 0 Å². The summed E-state index contributed by atoms with van der Waals surface area (Å²) in [5, 5.41) is 17.8. The minimum absolute atomic E-state index is 0.313. The third-order valence-corrected chi connectivity index (χ3v) is 5.94. The Morgan fingerprint density at radius 2 is 2.04 bits per heavy atom. The number of halogens is 2. The highest BCUT2D eigenvalue weighted by Crippen LogP contribution is 2.39. The predicted molar refractivity (Wildman–Crippen MR) is 106 cm³/mol. The normalized spacial score (nSPS) is 21.5. The Hall–Kier alpha value is -2.51. The van der Waals surface area contributed by atoms with Crippen LogP contribution in [0.1, 0.15) is 31.4 Å². The summed E-state index contributed by atoms with van der Waals surface area (Å²) in [7, 11) is 0. The summed E-state index contributed by atoms with van der Waals surface area (Å²) in [6.45, 7) is 2.22. The zero-order valence-electron chi connectivity index (χ0n) is 15.0. The van der Waals surface area contributed by atoms with Crippen LogP contribution in [0.2, 0.25) is 10.0 Å². The first-order valence-corrected chi connectivity index (χ1v) is 9.64. The van der Waals surface area contributed by atoms with E-state index in [1.807, 2.05) is 6.07 Å². The maximum absolute atomic E-state index is 13.5. The first-order chi connectivity index (χ1) is 13.4. The minimum atomic E-state index is -0.987. The Morgan fingerprint density at radius 3 is 2.75 bits per heavy atom. The highest BCUT2D eigenvalue weighted by Gasteiger charge is 2.40. The maximum Gasteiger partial charge on any atom is 0.326 e. The standard InChI is InChI=1S/C19H18Cl2N4O3/c1-10-16(18(26)24-8-2-3-14(24)19(27)28)17(25-15(23-10)6-7-22-25)11-4-5-12(20)13(21)9-11/h4-7,9,14,17,23H,2-3,8H2,1H3,(H,27,28)/t14-,17?/m0/s1. The number of hydrogen-bond donors (Lipinski definition) is 2. The number of nitrogens with one attached hydrogen (secondary N) is 1.